The standard InChI is InChI=1S/C15H21N7O/c23-15(21-6-3-11(9-21)14-8-17-20-19-14)12-7-18-22(10-12)13-1-4-16-5-2-13/h7-8,10-11,13,16H,1-6,9H2,(H,17,19,20). The smallest absolute Gasteiger partial charge is 0.257 e. The molecule has 2 aromatic heterocycles. The first kappa shape index (κ1) is 14.4. The highest BCUT2D eigenvalue weighted by Gasteiger charge is 2.30. The zero-order valence-electron chi connectivity index (χ0n) is 13.0. The fraction of sp³-hybridized carbons (Fsp3) is 0.600. The van der Waals surface area contributed by atoms with Crippen molar-refractivity contribution in [2.45, 2.75) is 31.2 Å². The van der Waals surface area contributed by atoms with Crippen LogP contribution in [0.3, 0.4) is 0 Å². The molecule has 1 amide bonds. The number of H-pyrrole nitrogens is 1. The van der Waals surface area contributed by atoms with E-state index in [1.165, 1.54) is 0 Å². The maximum atomic E-state index is 12.7. The molecule has 4 heterocycles. The summed E-state index contributed by atoms with van der Waals surface area (Å²) in [5.41, 5.74) is 1.62. The lowest BCUT2D eigenvalue weighted by Gasteiger charge is -2.22. The van der Waals surface area contributed by atoms with E-state index in [-0.39, 0.29) is 11.8 Å². The Labute approximate surface area is 134 Å². The van der Waals surface area contributed by atoms with Crippen LogP contribution in [0.4, 0.5) is 0 Å². The Hall–Kier alpha value is -2.22. The third-order valence-electron chi connectivity index (χ3n) is 4.86. The molecule has 23 heavy (non-hydrogen) atoms. The summed E-state index contributed by atoms with van der Waals surface area (Å²) in [6.07, 6.45) is 8.41. The molecule has 2 aliphatic rings. The summed E-state index contributed by atoms with van der Waals surface area (Å²) < 4.78 is 1.96. The van der Waals surface area contributed by atoms with E-state index in [1.807, 2.05) is 15.8 Å². The Kier molecular flexibility index (Phi) is 3.82. The first-order valence-corrected chi connectivity index (χ1v) is 8.21. The van der Waals surface area contributed by atoms with Gasteiger partial charge in [-0.3, -0.25) is 9.48 Å². The number of nitrogens with zero attached hydrogens (tertiary/aromatic N) is 5. The van der Waals surface area contributed by atoms with Gasteiger partial charge in [0, 0.05) is 25.2 Å². The van der Waals surface area contributed by atoms with E-state index in [4.69, 9.17) is 0 Å². The molecule has 122 valence electrons. The van der Waals surface area contributed by atoms with Crippen LogP contribution in [-0.4, -0.2) is 62.2 Å². The highest BCUT2D eigenvalue weighted by molar-refractivity contribution is 5.94. The summed E-state index contributed by atoms with van der Waals surface area (Å²) in [7, 11) is 0. The van der Waals surface area contributed by atoms with Gasteiger partial charge in [-0.1, -0.05) is 0 Å². The summed E-state index contributed by atoms with van der Waals surface area (Å²) >= 11 is 0. The van der Waals surface area contributed by atoms with Crippen LogP contribution in [0.1, 0.15) is 47.3 Å². The number of piperidine rings is 1. The number of carbonyl (C=O) groups excluding carboxylic acids is 1. The van der Waals surface area contributed by atoms with Gasteiger partial charge in [0.1, 0.15) is 0 Å². The summed E-state index contributed by atoms with van der Waals surface area (Å²) in [5, 5.41) is 18.4. The van der Waals surface area contributed by atoms with Crippen LogP contribution in [0.15, 0.2) is 18.6 Å². The first-order valence-electron chi connectivity index (χ1n) is 8.21. The second-order valence-corrected chi connectivity index (χ2v) is 6.32. The largest absolute Gasteiger partial charge is 0.338 e. The lowest BCUT2D eigenvalue weighted by Crippen LogP contribution is -2.30. The number of hydrogen-bond acceptors (Lipinski definition) is 5. The Morgan fingerprint density at radius 3 is 2.87 bits per heavy atom. The van der Waals surface area contributed by atoms with Crippen molar-refractivity contribution in [3.8, 4) is 0 Å². The normalized spacial score (nSPS) is 22.6. The Bertz CT molecular complexity index is 659. The van der Waals surface area contributed by atoms with E-state index in [1.54, 1.807) is 12.4 Å². The second-order valence-electron chi connectivity index (χ2n) is 6.32. The average molecular weight is 315 g/mol. The first-order chi connectivity index (χ1) is 11.3. The predicted octanol–water partition coefficient (Wildman–Crippen LogP) is 0.555. The van der Waals surface area contributed by atoms with Gasteiger partial charge in [-0.2, -0.15) is 20.5 Å². The lowest BCUT2D eigenvalue weighted by molar-refractivity contribution is 0.0790. The van der Waals surface area contributed by atoms with Crippen molar-refractivity contribution in [3.05, 3.63) is 29.8 Å². The molecule has 2 aromatic rings. The molecule has 1 atom stereocenters. The highest BCUT2D eigenvalue weighted by atomic mass is 16.2. The molecule has 4 rings (SSSR count). The quantitative estimate of drug-likeness (QED) is 0.863. The predicted molar refractivity (Wildman–Crippen MR) is 83.0 cm³/mol. The molecule has 8 heteroatoms. The summed E-state index contributed by atoms with van der Waals surface area (Å²) in [4.78, 5) is 14.6. The van der Waals surface area contributed by atoms with Gasteiger partial charge < -0.3 is 10.2 Å². The number of rotatable bonds is 3. The molecule has 2 saturated heterocycles. The molecular formula is C15H21N7O. The van der Waals surface area contributed by atoms with Crippen LogP contribution < -0.4 is 5.32 Å². The molecule has 8 nitrogen and oxygen atoms in total. The Morgan fingerprint density at radius 1 is 1.22 bits per heavy atom. The summed E-state index contributed by atoms with van der Waals surface area (Å²) in [5.74, 6) is 0.341. The molecule has 2 aliphatic heterocycles. The Balaban J connectivity index is 1.42. The topological polar surface area (TPSA) is 91.7 Å². The van der Waals surface area contributed by atoms with Crippen molar-refractivity contribution >= 4 is 5.91 Å². The van der Waals surface area contributed by atoms with Crippen molar-refractivity contribution < 1.29 is 4.79 Å². The summed E-state index contributed by atoms with van der Waals surface area (Å²) in [6, 6.07) is 0.402. The minimum atomic E-state index is 0.0659. The van der Waals surface area contributed by atoms with Crippen LogP contribution in [0.5, 0.6) is 0 Å². The van der Waals surface area contributed by atoms with Gasteiger partial charge in [-0.25, -0.2) is 0 Å². The number of likely N-dealkylation sites (tertiary alicyclic amines) is 1. The van der Waals surface area contributed by atoms with E-state index < -0.39 is 0 Å². The van der Waals surface area contributed by atoms with E-state index in [2.05, 4.69) is 25.8 Å². The van der Waals surface area contributed by atoms with Gasteiger partial charge in [0.05, 0.1) is 29.7 Å². The van der Waals surface area contributed by atoms with Crippen molar-refractivity contribution in [2.24, 2.45) is 0 Å². The van der Waals surface area contributed by atoms with E-state index in [9.17, 15) is 4.79 Å². The van der Waals surface area contributed by atoms with Gasteiger partial charge in [-0.15, -0.1) is 0 Å². The van der Waals surface area contributed by atoms with Gasteiger partial charge in [0.2, 0.25) is 0 Å². The van der Waals surface area contributed by atoms with Crippen LogP contribution in [0.25, 0.3) is 0 Å². The molecule has 2 N–H and O–H groups in total. The maximum Gasteiger partial charge on any atom is 0.257 e. The highest BCUT2D eigenvalue weighted by Crippen LogP contribution is 2.26. The molecule has 0 aromatic carbocycles. The number of nitrogens with one attached hydrogen (secondary N) is 2. The number of aromatic nitrogens is 5. The summed E-state index contributed by atoms with van der Waals surface area (Å²) in [6.45, 7) is 3.48. The molecule has 0 radical (unpaired) electrons. The third kappa shape index (κ3) is 2.86. The van der Waals surface area contributed by atoms with Crippen LogP contribution in [0, 0.1) is 0 Å². The molecule has 0 spiro atoms. The van der Waals surface area contributed by atoms with Crippen LogP contribution >= 0.6 is 0 Å². The maximum absolute atomic E-state index is 12.7. The van der Waals surface area contributed by atoms with Crippen molar-refractivity contribution in [1.29, 1.82) is 0 Å². The van der Waals surface area contributed by atoms with Crippen molar-refractivity contribution in [1.82, 2.24) is 35.4 Å². The average Bonchev–Trinajstić information content (AvgIpc) is 3.35. The molecule has 0 saturated carbocycles. The molecule has 0 bridgehead atoms. The van der Waals surface area contributed by atoms with Crippen LogP contribution in [0.2, 0.25) is 0 Å². The van der Waals surface area contributed by atoms with Gasteiger partial charge >= 0.3 is 0 Å². The second kappa shape index (κ2) is 6.11. The Morgan fingerprint density at radius 2 is 2.09 bits per heavy atom. The van der Waals surface area contributed by atoms with E-state index in [0.29, 0.717) is 18.2 Å². The molecule has 2 fully saturated rings. The van der Waals surface area contributed by atoms with Crippen LogP contribution in [-0.2, 0) is 0 Å². The van der Waals surface area contributed by atoms with Gasteiger partial charge in [0.15, 0.2) is 0 Å². The fourth-order valence-corrected chi connectivity index (χ4v) is 3.50. The minimum absolute atomic E-state index is 0.0659. The monoisotopic (exact) mass is 315 g/mol. The lowest BCUT2D eigenvalue weighted by atomic mass is 10.1. The third-order valence-corrected chi connectivity index (χ3v) is 4.86. The van der Waals surface area contributed by atoms with Gasteiger partial charge in [0.25, 0.3) is 5.91 Å². The van der Waals surface area contributed by atoms with E-state index in [0.717, 1.165) is 44.6 Å². The zero-order chi connectivity index (χ0) is 15.6. The number of hydrogen-bond donors (Lipinski definition) is 2. The molecule has 1 unspecified atom stereocenters. The SMILES string of the molecule is O=C(c1cnn(C2CCNCC2)c1)N1CCC(c2cn[nH]n2)C1. The van der Waals surface area contributed by atoms with Gasteiger partial charge in [-0.05, 0) is 32.4 Å². The number of aromatic amines is 1. The molecule has 0 aliphatic carbocycles. The molecular weight excluding hydrogens is 294 g/mol. The fourth-order valence-electron chi connectivity index (χ4n) is 3.50. The number of amides is 1. The minimum Gasteiger partial charge on any atom is -0.338 e. The van der Waals surface area contributed by atoms with Crippen molar-refractivity contribution in [3.63, 3.8) is 0 Å². The van der Waals surface area contributed by atoms with E-state index >= 15 is 0 Å². The van der Waals surface area contributed by atoms with Crippen molar-refractivity contribution in [2.75, 3.05) is 26.2 Å². The number of carbonyl (C=O) groups is 1. The zero-order valence-corrected chi connectivity index (χ0v) is 13.0.